The van der Waals surface area contributed by atoms with Gasteiger partial charge in [0.2, 0.25) is 5.95 Å². The number of nitrogens with zero attached hydrogens (tertiary/aromatic N) is 5. The molecule has 5 rings (SSSR count). The highest BCUT2D eigenvalue weighted by Crippen LogP contribution is 2.44. The fourth-order valence-corrected chi connectivity index (χ4v) is 5.37. The minimum absolute atomic E-state index is 0.114. The van der Waals surface area contributed by atoms with Crippen molar-refractivity contribution in [3.63, 3.8) is 0 Å². The Balaban J connectivity index is 1.46. The van der Waals surface area contributed by atoms with Gasteiger partial charge < -0.3 is 29.7 Å². The van der Waals surface area contributed by atoms with E-state index < -0.39 is 5.41 Å². The molecule has 0 aliphatic carbocycles. The predicted molar refractivity (Wildman–Crippen MR) is 152 cm³/mol. The molecule has 1 aromatic heterocycles. The van der Waals surface area contributed by atoms with Gasteiger partial charge in [-0.1, -0.05) is 18.5 Å². The first-order valence-electron chi connectivity index (χ1n) is 12.8. The summed E-state index contributed by atoms with van der Waals surface area (Å²) in [5, 5.41) is 24.0. The minimum Gasteiger partial charge on any atom is -0.488 e. The maximum atomic E-state index is 11.2. The summed E-state index contributed by atoms with van der Waals surface area (Å²) in [6.45, 7) is 4.13. The molecule has 2 aliphatic heterocycles. The van der Waals surface area contributed by atoms with Crippen LogP contribution in [-0.4, -0.2) is 73.0 Å². The highest BCUT2D eigenvalue weighted by molar-refractivity contribution is 6.70. The molecular formula is C28H29BClN6O3. The molecule has 9 nitrogen and oxygen atoms in total. The normalized spacial score (nSPS) is 19.3. The fourth-order valence-electron chi connectivity index (χ4n) is 5.20. The molecule has 0 amide bonds. The quantitative estimate of drug-likeness (QED) is 0.324. The van der Waals surface area contributed by atoms with Crippen molar-refractivity contribution < 1.29 is 14.6 Å². The number of nitriles is 1. The number of hydrogen-bond acceptors (Lipinski definition) is 9. The molecule has 2 N–H and O–H groups in total. The molecule has 199 valence electrons. The Morgan fingerprint density at radius 3 is 2.82 bits per heavy atom. The van der Waals surface area contributed by atoms with E-state index in [1.54, 1.807) is 35.3 Å². The van der Waals surface area contributed by atoms with Crippen LogP contribution in [0.5, 0.6) is 5.75 Å². The Morgan fingerprint density at radius 1 is 1.31 bits per heavy atom. The van der Waals surface area contributed by atoms with Gasteiger partial charge in [-0.2, -0.15) is 5.26 Å². The molecule has 1 unspecified atom stereocenters. The van der Waals surface area contributed by atoms with Crippen molar-refractivity contribution >= 4 is 42.5 Å². The summed E-state index contributed by atoms with van der Waals surface area (Å²) in [4.78, 5) is 24.4. The first-order valence-corrected chi connectivity index (χ1v) is 13.2. The van der Waals surface area contributed by atoms with Gasteiger partial charge in [0.15, 0.2) is 0 Å². The van der Waals surface area contributed by atoms with Crippen molar-refractivity contribution in [2.24, 2.45) is 0 Å². The number of fused-ring (bicyclic) bond motifs is 1. The molecule has 0 spiro atoms. The lowest BCUT2D eigenvalue weighted by atomic mass is 9.83. The van der Waals surface area contributed by atoms with Gasteiger partial charge in [-0.25, -0.2) is 9.97 Å². The maximum absolute atomic E-state index is 11.2. The van der Waals surface area contributed by atoms with Crippen LogP contribution >= 0.6 is 11.6 Å². The van der Waals surface area contributed by atoms with Crippen molar-refractivity contribution in [2.45, 2.75) is 31.3 Å². The SMILES string of the molecule is CN1CCC(Oc2ccc(Cl)cc2Nc2nccc(-c3cc(C#N)c4c(c3)C(C)(CO)CN4[B]C=O)n2)CC1. The van der Waals surface area contributed by atoms with Gasteiger partial charge in [-0.05, 0) is 61.9 Å². The van der Waals surface area contributed by atoms with Crippen LogP contribution in [0.1, 0.15) is 30.9 Å². The molecule has 1 fully saturated rings. The van der Waals surface area contributed by atoms with Crippen LogP contribution < -0.4 is 14.9 Å². The number of piperidine rings is 1. The zero-order valence-corrected chi connectivity index (χ0v) is 22.6. The zero-order valence-electron chi connectivity index (χ0n) is 21.9. The number of anilines is 3. The lowest BCUT2D eigenvalue weighted by Crippen LogP contribution is -2.36. The molecule has 3 aromatic rings. The van der Waals surface area contributed by atoms with Crippen molar-refractivity contribution in [1.82, 2.24) is 14.9 Å². The second-order valence-corrected chi connectivity index (χ2v) is 10.8. The Labute approximate surface area is 233 Å². The van der Waals surface area contributed by atoms with Crippen LogP contribution in [-0.2, 0) is 10.2 Å². The standard InChI is InChI=1S/C28H29BClN6O3/c1-28(16-37)15-36(29-17-38)26-19(14-31)11-18(12-22(26)28)23-5-8-32-27(33-23)34-24-13-20(30)3-4-25(24)39-21-6-9-35(2)10-7-21/h3-5,8,11-13,17,21,37H,6-7,9-10,15-16H2,1-2H3,(H,32,33,34). The Kier molecular flexibility index (Phi) is 7.75. The molecule has 2 aromatic carbocycles. The molecule has 3 heterocycles. The number of aliphatic hydroxyl groups excluding tert-OH is 1. The highest BCUT2D eigenvalue weighted by atomic mass is 35.5. The third kappa shape index (κ3) is 5.57. The van der Waals surface area contributed by atoms with Gasteiger partial charge in [0.05, 0.1) is 23.6 Å². The molecule has 11 heteroatoms. The van der Waals surface area contributed by atoms with Crippen LogP contribution in [0.2, 0.25) is 5.02 Å². The number of carbonyl (C=O) groups is 1. The van der Waals surface area contributed by atoms with Gasteiger partial charge in [-0.15, -0.1) is 0 Å². The van der Waals surface area contributed by atoms with Crippen molar-refractivity contribution in [3.05, 3.63) is 58.7 Å². The smallest absolute Gasteiger partial charge is 0.329 e. The Hall–Kier alpha value is -3.65. The summed E-state index contributed by atoms with van der Waals surface area (Å²) in [6.07, 6.45) is 4.33. The average Bonchev–Trinajstić information content (AvgIpc) is 3.23. The number of likely N-dealkylation sites (tertiary alicyclic amines) is 1. The topological polar surface area (TPSA) is 115 Å². The summed E-state index contributed by atoms with van der Waals surface area (Å²) < 4.78 is 6.33. The molecule has 1 saturated heterocycles. The van der Waals surface area contributed by atoms with Gasteiger partial charge in [0, 0.05) is 47.5 Å². The number of rotatable bonds is 8. The van der Waals surface area contributed by atoms with Crippen molar-refractivity contribution in [1.29, 1.82) is 5.26 Å². The molecular weight excluding hydrogens is 515 g/mol. The second kappa shape index (κ2) is 11.2. The number of hydrogen-bond donors (Lipinski definition) is 2. The molecule has 0 saturated carbocycles. The van der Waals surface area contributed by atoms with Crippen LogP contribution in [0, 0.1) is 11.3 Å². The largest absolute Gasteiger partial charge is 0.488 e. The number of aromatic nitrogens is 2. The van der Waals surface area contributed by atoms with Crippen LogP contribution in [0.15, 0.2) is 42.6 Å². The molecule has 0 bridgehead atoms. The van der Waals surface area contributed by atoms with Crippen molar-refractivity contribution in [2.75, 3.05) is 43.4 Å². The van der Waals surface area contributed by atoms with Crippen molar-refractivity contribution in [3.8, 4) is 23.1 Å². The number of benzene rings is 2. The van der Waals surface area contributed by atoms with E-state index in [4.69, 9.17) is 21.3 Å². The average molecular weight is 544 g/mol. The van der Waals surface area contributed by atoms with Crippen LogP contribution in [0.25, 0.3) is 11.3 Å². The Bertz CT molecular complexity index is 1420. The van der Waals surface area contributed by atoms with Gasteiger partial charge in [0.1, 0.15) is 24.1 Å². The lowest BCUT2D eigenvalue weighted by Gasteiger charge is -2.30. The van der Waals surface area contributed by atoms with E-state index in [1.165, 1.54) is 7.41 Å². The van der Waals surface area contributed by atoms with E-state index in [2.05, 4.69) is 28.3 Å². The summed E-state index contributed by atoms with van der Waals surface area (Å²) in [5.41, 5.74) is 3.14. The first kappa shape index (κ1) is 26.9. The Morgan fingerprint density at radius 2 is 2.10 bits per heavy atom. The number of carbonyl (C=O) groups excluding carboxylic acids is 1. The van der Waals surface area contributed by atoms with E-state index >= 15 is 0 Å². The fraction of sp³-hybridized carbons (Fsp3) is 0.357. The second-order valence-electron chi connectivity index (χ2n) is 10.3. The van der Waals surface area contributed by atoms with Gasteiger partial charge in [0.25, 0.3) is 0 Å². The van der Waals surface area contributed by atoms with Gasteiger partial charge >= 0.3 is 7.41 Å². The number of ether oxygens (including phenoxy) is 1. The summed E-state index contributed by atoms with van der Waals surface area (Å²) >= 11 is 6.31. The number of nitrogens with one attached hydrogen (secondary N) is 1. The monoisotopic (exact) mass is 543 g/mol. The summed E-state index contributed by atoms with van der Waals surface area (Å²) in [7, 11) is 3.50. The lowest BCUT2D eigenvalue weighted by molar-refractivity contribution is 0.115. The molecule has 1 atom stereocenters. The third-order valence-corrected chi connectivity index (χ3v) is 7.61. The first-order chi connectivity index (χ1) is 18.8. The van der Waals surface area contributed by atoms with E-state index in [0.29, 0.717) is 57.6 Å². The molecule has 39 heavy (non-hydrogen) atoms. The third-order valence-electron chi connectivity index (χ3n) is 7.38. The minimum atomic E-state index is -0.647. The summed E-state index contributed by atoms with van der Waals surface area (Å²) in [5.74, 6) is 1.03. The highest BCUT2D eigenvalue weighted by Gasteiger charge is 2.40. The molecule has 2 aliphatic rings. The van der Waals surface area contributed by atoms with Crippen LogP contribution in [0.3, 0.4) is 0 Å². The van der Waals surface area contributed by atoms with Gasteiger partial charge in [-0.3, -0.25) is 0 Å². The zero-order chi connectivity index (χ0) is 27.6. The predicted octanol–water partition coefficient (Wildman–Crippen LogP) is 3.76. The number of halogens is 1. The van der Waals surface area contributed by atoms with Crippen LogP contribution in [0.4, 0.5) is 17.3 Å². The van der Waals surface area contributed by atoms with E-state index in [-0.39, 0.29) is 12.7 Å². The maximum Gasteiger partial charge on any atom is 0.329 e. The van der Waals surface area contributed by atoms with E-state index in [9.17, 15) is 15.2 Å². The van der Waals surface area contributed by atoms with E-state index in [0.717, 1.165) is 31.5 Å². The van der Waals surface area contributed by atoms with E-state index in [1.807, 2.05) is 19.1 Å². The number of aliphatic hydroxyl groups is 1. The summed E-state index contributed by atoms with van der Waals surface area (Å²) in [6, 6.07) is 13.1. The molecule has 1 radical (unpaired) electrons.